The molecule has 4 aromatic carbocycles. The molecule has 0 saturated heterocycles. The number of nitrogens with one attached hydrogen (secondary N) is 2. The lowest BCUT2D eigenvalue weighted by atomic mass is 10.0. The molecule has 252 valence electrons. The van der Waals surface area contributed by atoms with E-state index in [0.29, 0.717) is 29.9 Å². The predicted octanol–water partition coefficient (Wildman–Crippen LogP) is 7.95. The van der Waals surface area contributed by atoms with E-state index in [-0.39, 0.29) is 42.0 Å². The Kier molecular flexibility index (Phi) is 11.3. The molecule has 0 aliphatic rings. The van der Waals surface area contributed by atoms with Crippen LogP contribution >= 0.6 is 12.2 Å². The first-order valence-corrected chi connectivity index (χ1v) is 16.4. The van der Waals surface area contributed by atoms with Gasteiger partial charge in [-0.3, -0.25) is 4.79 Å². The lowest BCUT2D eigenvalue weighted by Crippen LogP contribution is -2.47. The number of hydrogen-bond acceptors (Lipinski definition) is 4. The van der Waals surface area contributed by atoms with Crippen LogP contribution in [-0.2, 0) is 30.5 Å². The third kappa shape index (κ3) is 9.67. The molecule has 1 atom stereocenters. The summed E-state index contributed by atoms with van der Waals surface area (Å²) in [6.07, 6.45) is -0.609. The minimum atomic E-state index is -4.54. The second kappa shape index (κ2) is 15.8. The fourth-order valence-electron chi connectivity index (χ4n) is 5.81. The molecule has 11 heteroatoms. The Morgan fingerprint density at radius 1 is 1.00 bits per heavy atom. The van der Waals surface area contributed by atoms with Gasteiger partial charge in [0.15, 0.2) is 5.11 Å². The number of rotatable bonds is 12. The Morgan fingerprint density at radius 2 is 1.71 bits per heavy atom. The smallest absolute Gasteiger partial charge is 0.351 e. The number of nitriles is 1. The van der Waals surface area contributed by atoms with E-state index in [9.17, 15) is 18.0 Å². The molecule has 1 aromatic heterocycles. The number of alkyl halides is 3. The Labute approximate surface area is 289 Å². The number of anilines is 1. The van der Waals surface area contributed by atoms with Crippen LogP contribution < -0.4 is 10.6 Å². The van der Waals surface area contributed by atoms with E-state index in [2.05, 4.69) is 21.7 Å². The number of nitrogens with zero attached hydrogens (tertiary/aromatic N) is 4. The summed E-state index contributed by atoms with van der Waals surface area (Å²) in [4.78, 5) is 19.4. The fraction of sp³-hybridized carbons (Fsp3) is 0.263. The maximum atomic E-state index is 14.0. The number of benzene rings is 4. The van der Waals surface area contributed by atoms with Gasteiger partial charge < -0.3 is 20.1 Å². The normalized spacial score (nSPS) is 12.0. The summed E-state index contributed by atoms with van der Waals surface area (Å²) >= 11 is 5.84. The van der Waals surface area contributed by atoms with Crippen molar-refractivity contribution >= 4 is 39.7 Å². The van der Waals surface area contributed by atoms with Crippen molar-refractivity contribution in [1.82, 2.24) is 19.8 Å². The van der Waals surface area contributed by atoms with Gasteiger partial charge in [0, 0.05) is 43.3 Å². The zero-order valence-electron chi connectivity index (χ0n) is 27.2. The number of thiocarbonyl (C=S) groups is 1. The molecule has 0 saturated carbocycles. The van der Waals surface area contributed by atoms with E-state index in [1.54, 1.807) is 35.6 Å². The highest BCUT2D eigenvalue weighted by molar-refractivity contribution is 7.80. The van der Waals surface area contributed by atoms with Crippen molar-refractivity contribution in [3.8, 4) is 6.07 Å². The van der Waals surface area contributed by atoms with E-state index in [1.807, 2.05) is 73.0 Å². The topological polar surface area (TPSA) is 86.0 Å². The average Bonchev–Trinajstić information content (AvgIpc) is 3.49. The summed E-state index contributed by atoms with van der Waals surface area (Å²) in [5, 5.41) is 17.7. The monoisotopic (exact) mass is 682 g/mol. The van der Waals surface area contributed by atoms with Gasteiger partial charge in [-0.15, -0.1) is 0 Å². The highest BCUT2D eigenvalue weighted by Crippen LogP contribution is 2.32. The van der Waals surface area contributed by atoms with Crippen LogP contribution in [-0.4, -0.2) is 38.1 Å². The van der Waals surface area contributed by atoms with E-state index >= 15 is 0 Å². The molecule has 1 amide bonds. The van der Waals surface area contributed by atoms with E-state index < -0.39 is 17.8 Å². The average molecular weight is 683 g/mol. The van der Waals surface area contributed by atoms with Gasteiger partial charge in [0.25, 0.3) is 0 Å². The summed E-state index contributed by atoms with van der Waals surface area (Å²) in [5.41, 5.74) is 2.28. The largest absolute Gasteiger partial charge is 0.416 e. The van der Waals surface area contributed by atoms with Gasteiger partial charge in [0.2, 0.25) is 5.91 Å². The van der Waals surface area contributed by atoms with E-state index in [1.165, 1.54) is 12.1 Å². The van der Waals surface area contributed by atoms with Gasteiger partial charge in [-0.25, -0.2) is 4.98 Å². The first-order valence-electron chi connectivity index (χ1n) is 16.0. The van der Waals surface area contributed by atoms with Crippen molar-refractivity contribution < 1.29 is 18.0 Å². The molecule has 0 aliphatic heterocycles. The number of imidazole rings is 1. The maximum absolute atomic E-state index is 14.0. The van der Waals surface area contributed by atoms with Crippen LogP contribution in [0, 0.1) is 17.2 Å². The zero-order chi connectivity index (χ0) is 35.0. The van der Waals surface area contributed by atoms with Crippen molar-refractivity contribution in [2.24, 2.45) is 5.92 Å². The zero-order valence-corrected chi connectivity index (χ0v) is 28.1. The van der Waals surface area contributed by atoms with Crippen molar-refractivity contribution in [2.45, 2.75) is 52.0 Å². The molecule has 49 heavy (non-hydrogen) atoms. The molecule has 1 heterocycles. The standard InChI is InChI=1S/C38H37F3N6OS/c1-26(2)17-33(44-36(48)19-34-21-43-25-47(34)22-28-13-11-27(20-42)12-14-28)24-46(23-31-9-5-6-10-35(31)38(39,40)41)37(49)45-32-16-15-29-7-3-4-8-30(29)18-32/h3-16,18,21,25-26,33H,17,19,22-24H2,1-2H3,(H,44,48)(H,45,49)/t33-/m0/s1. The molecule has 0 aliphatic carbocycles. The number of fused-ring (bicyclic) bond motifs is 1. The number of hydrogen-bond donors (Lipinski definition) is 2. The number of halogens is 3. The van der Waals surface area contributed by atoms with Crippen LogP contribution in [0.4, 0.5) is 18.9 Å². The first-order chi connectivity index (χ1) is 23.5. The lowest BCUT2D eigenvalue weighted by molar-refractivity contribution is -0.138. The molecule has 0 bridgehead atoms. The van der Waals surface area contributed by atoms with Crippen molar-refractivity contribution in [1.29, 1.82) is 5.26 Å². The molecular weight excluding hydrogens is 646 g/mol. The summed E-state index contributed by atoms with van der Waals surface area (Å²) in [5.74, 6) is -0.0604. The third-order valence-corrected chi connectivity index (χ3v) is 8.47. The Bertz CT molecular complexity index is 1950. The Balaban J connectivity index is 1.36. The van der Waals surface area contributed by atoms with E-state index in [0.717, 1.165) is 22.4 Å². The fourth-order valence-corrected chi connectivity index (χ4v) is 6.06. The Hall–Kier alpha value is -5.21. The van der Waals surface area contributed by atoms with Gasteiger partial charge in [-0.2, -0.15) is 18.4 Å². The van der Waals surface area contributed by atoms with Crippen LogP contribution in [0.25, 0.3) is 10.8 Å². The van der Waals surface area contributed by atoms with Crippen LogP contribution in [0.1, 0.15) is 48.2 Å². The summed E-state index contributed by atoms with van der Waals surface area (Å²) in [7, 11) is 0. The van der Waals surface area contributed by atoms with Crippen LogP contribution in [0.3, 0.4) is 0 Å². The van der Waals surface area contributed by atoms with Crippen LogP contribution in [0.2, 0.25) is 0 Å². The first kappa shape index (κ1) is 35.1. The molecule has 0 spiro atoms. The number of carbonyl (C=O) groups excluding carboxylic acids is 1. The highest BCUT2D eigenvalue weighted by Gasteiger charge is 2.34. The Morgan fingerprint density at radius 3 is 2.43 bits per heavy atom. The molecule has 0 fully saturated rings. The third-order valence-electron chi connectivity index (χ3n) is 8.11. The lowest BCUT2D eigenvalue weighted by Gasteiger charge is -2.32. The highest BCUT2D eigenvalue weighted by atomic mass is 32.1. The molecule has 0 radical (unpaired) electrons. The number of amides is 1. The summed E-state index contributed by atoms with van der Waals surface area (Å²) < 4.78 is 44.0. The van der Waals surface area contributed by atoms with Crippen LogP contribution in [0.5, 0.6) is 0 Å². The molecule has 0 unspecified atom stereocenters. The maximum Gasteiger partial charge on any atom is 0.416 e. The quantitative estimate of drug-likeness (QED) is 0.130. The number of carbonyl (C=O) groups is 1. The molecule has 7 nitrogen and oxygen atoms in total. The van der Waals surface area contributed by atoms with Gasteiger partial charge >= 0.3 is 6.18 Å². The van der Waals surface area contributed by atoms with Gasteiger partial charge in [0.05, 0.1) is 29.9 Å². The number of aromatic nitrogens is 2. The SMILES string of the molecule is CC(C)C[C@@H](CN(Cc1ccccc1C(F)(F)F)C(=S)Nc1ccc2ccccc2c1)NC(=O)Cc1cncn1Cc1ccc(C#N)cc1. The van der Waals surface area contributed by atoms with Gasteiger partial charge in [-0.05, 0) is 76.8 Å². The summed E-state index contributed by atoms with van der Waals surface area (Å²) in [6, 6.07) is 28.0. The van der Waals surface area contributed by atoms with Crippen LogP contribution in [0.15, 0.2) is 104 Å². The predicted molar refractivity (Wildman–Crippen MR) is 190 cm³/mol. The molecule has 2 N–H and O–H groups in total. The minimum Gasteiger partial charge on any atom is -0.351 e. The van der Waals surface area contributed by atoms with Crippen molar-refractivity contribution in [3.63, 3.8) is 0 Å². The van der Waals surface area contributed by atoms with Gasteiger partial charge in [-0.1, -0.05) is 74.5 Å². The molecule has 5 aromatic rings. The van der Waals surface area contributed by atoms with E-state index in [4.69, 9.17) is 17.5 Å². The second-order valence-electron chi connectivity index (χ2n) is 12.4. The van der Waals surface area contributed by atoms with Crippen molar-refractivity contribution in [3.05, 3.63) is 131 Å². The van der Waals surface area contributed by atoms with Crippen molar-refractivity contribution in [2.75, 3.05) is 11.9 Å². The van der Waals surface area contributed by atoms with Gasteiger partial charge in [0.1, 0.15) is 0 Å². The molecular formula is C38H37F3N6OS. The second-order valence-corrected chi connectivity index (χ2v) is 12.8. The minimum absolute atomic E-state index is 0.0571. The molecule has 5 rings (SSSR count). The summed E-state index contributed by atoms with van der Waals surface area (Å²) in [6.45, 7) is 4.60.